The maximum Gasteiger partial charge on any atom is 0.0533 e. The van der Waals surface area contributed by atoms with Crippen LogP contribution in [0.1, 0.15) is 6.42 Å². The van der Waals surface area contributed by atoms with Gasteiger partial charge in [-0.05, 0) is 18.6 Å². The summed E-state index contributed by atoms with van der Waals surface area (Å²) in [5.41, 5.74) is 0.603. The number of hydrogen-bond donors (Lipinski definition) is 1. The van der Waals surface area contributed by atoms with Crippen LogP contribution in [0.4, 0.5) is 0 Å². The Hall–Kier alpha value is -0.850. The van der Waals surface area contributed by atoms with Crippen LogP contribution in [-0.2, 0) is 0 Å². The second kappa shape index (κ2) is 1.73. The summed E-state index contributed by atoms with van der Waals surface area (Å²) in [5, 5.41) is 7.02. The lowest BCUT2D eigenvalue weighted by Gasteiger charge is -1.90. The van der Waals surface area contributed by atoms with Crippen LogP contribution in [0.2, 0.25) is 0 Å². The number of hydrogen-bond acceptors (Lipinski definition) is 1. The van der Waals surface area contributed by atoms with Crippen LogP contribution in [0.5, 0.6) is 0 Å². The van der Waals surface area contributed by atoms with Crippen molar-refractivity contribution in [3.8, 4) is 0 Å². The summed E-state index contributed by atoms with van der Waals surface area (Å²) in [6.45, 7) is 0. The molecule has 0 bridgehead atoms. The van der Waals surface area contributed by atoms with Crippen LogP contribution in [0.15, 0.2) is 24.3 Å². The SMILES string of the molecule is N=C1C=CCC=C1. The summed E-state index contributed by atoms with van der Waals surface area (Å²) in [6.07, 6.45) is 8.55. The van der Waals surface area contributed by atoms with E-state index in [1.54, 1.807) is 12.2 Å². The maximum absolute atomic E-state index is 7.02. The van der Waals surface area contributed by atoms with E-state index < -0.39 is 0 Å². The van der Waals surface area contributed by atoms with Gasteiger partial charge in [-0.1, -0.05) is 12.2 Å². The van der Waals surface area contributed by atoms with E-state index in [2.05, 4.69) is 0 Å². The van der Waals surface area contributed by atoms with Crippen LogP contribution >= 0.6 is 0 Å². The van der Waals surface area contributed by atoms with E-state index in [1.165, 1.54) is 0 Å². The minimum Gasteiger partial charge on any atom is -0.301 e. The molecule has 0 unspecified atom stereocenters. The molecule has 1 N–H and O–H groups in total. The minimum atomic E-state index is 0.603. The fourth-order valence-electron chi connectivity index (χ4n) is 0.524. The van der Waals surface area contributed by atoms with Crippen molar-refractivity contribution in [2.24, 2.45) is 0 Å². The summed E-state index contributed by atoms with van der Waals surface area (Å²) in [5.74, 6) is 0. The smallest absolute Gasteiger partial charge is 0.0533 e. The molecule has 0 radical (unpaired) electrons. The lowest BCUT2D eigenvalue weighted by molar-refractivity contribution is 1.37. The molecule has 0 saturated carbocycles. The molecule has 1 aliphatic carbocycles. The van der Waals surface area contributed by atoms with Gasteiger partial charge in [-0.3, -0.25) is 0 Å². The summed E-state index contributed by atoms with van der Waals surface area (Å²) in [7, 11) is 0. The minimum absolute atomic E-state index is 0.603. The molecule has 0 aliphatic heterocycles. The molecule has 36 valence electrons. The Morgan fingerprint density at radius 1 is 1.29 bits per heavy atom. The number of allylic oxidation sites excluding steroid dienone is 4. The predicted molar refractivity (Wildman–Crippen MR) is 30.6 cm³/mol. The molecule has 0 aromatic carbocycles. The highest BCUT2D eigenvalue weighted by Gasteiger charge is 1.84. The van der Waals surface area contributed by atoms with Crippen molar-refractivity contribution in [2.45, 2.75) is 6.42 Å². The molecule has 1 heteroatoms. The van der Waals surface area contributed by atoms with Gasteiger partial charge in [-0.2, -0.15) is 0 Å². The normalized spacial score (nSPS) is 18.0. The van der Waals surface area contributed by atoms with Crippen LogP contribution in [0, 0.1) is 5.41 Å². The third-order valence-corrected chi connectivity index (χ3v) is 0.867. The Balaban J connectivity index is 2.66. The predicted octanol–water partition coefficient (Wildman–Crippen LogP) is 1.52. The summed E-state index contributed by atoms with van der Waals surface area (Å²) in [4.78, 5) is 0. The second-order valence-corrected chi connectivity index (χ2v) is 1.50. The molecule has 1 nitrogen and oxygen atoms in total. The van der Waals surface area contributed by atoms with Crippen molar-refractivity contribution in [1.82, 2.24) is 0 Å². The van der Waals surface area contributed by atoms with Crippen LogP contribution in [0.25, 0.3) is 0 Å². The first-order valence-electron chi connectivity index (χ1n) is 2.31. The lowest BCUT2D eigenvalue weighted by Crippen LogP contribution is -1.85. The van der Waals surface area contributed by atoms with Gasteiger partial charge in [-0.25, -0.2) is 0 Å². The van der Waals surface area contributed by atoms with Gasteiger partial charge in [0.05, 0.1) is 5.71 Å². The summed E-state index contributed by atoms with van der Waals surface area (Å²) < 4.78 is 0. The van der Waals surface area contributed by atoms with Crippen molar-refractivity contribution in [3.05, 3.63) is 24.3 Å². The van der Waals surface area contributed by atoms with Gasteiger partial charge in [0.15, 0.2) is 0 Å². The van der Waals surface area contributed by atoms with Crippen molar-refractivity contribution >= 4 is 5.71 Å². The average molecular weight is 93.1 g/mol. The molecule has 0 fully saturated rings. The quantitative estimate of drug-likeness (QED) is 0.469. The van der Waals surface area contributed by atoms with Crippen molar-refractivity contribution < 1.29 is 0 Å². The van der Waals surface area contributed by atoms with Gasteiger partial charge in [0.25, 0.3) is 0 Å². The van der Waals surface area contributed by atoms with E-state index in [4.69, 9.17) is 5.41 Å². The first kappa shape index (κ1) is 4.31. The molecule has 0 aromatic heterocycles. The molecule has 0 amide bonds. The fraction of sp³-hybridized carbons (Fsp3) is 0.167. The molecule has 1 rings (SSSR count). The third-order valence-electron chi connectivity index (χ3n) is 0.867. The maximum atomic E-state index is 7.02. The molecule has 0 aromatic rings. The average Bonchev–Trinajstić information content (AvgIpc) is 1.69. The van der Waals surface area contributed by atoms with Gasteiger partial charge in [0.1, 0.15) is 0 Å². The van der Waals surface area contributed by atoms with E-state index in [0.717, 1.165) is 6.42 Å². The molecule has 0 spiro atoms. The first-order chi connectivity index (χ1) is 3.39. The molecule has 0 saturated heterocycles. The zero-order valence-corrected chi connectivity index (χ0v) is 4.02. The topological polar surface area (TPSA) is 23.9 Å². The van der Waals surface area contributed by atoms with E-state index >= 15 is 0 Å². The molecule has 7 heavy (non-hydrogen) atoms. The van der Waals surface area contributed by atoms with Crippen molar-refractivity contribution in [1.29, 1.82) is 5.41 Å². The lowest BCUT2D eigenvalue weighted by atomic mass is 10.2. The molecule has 1 aliphatic rings. The Kier molecular flexibility index (Phi) is 1.07. The van der Waals surface area contributed by atoms with Gasteiger partial charge < -0.3 is 5.41 Å². The Bertz CT molecular complexity index is 117. The van der Waals surface area contributed by atoms with Crippen LogP contribution in [0.3, 0.4) is 0 Å². The van der Waals surface area contributed by atoms with Crippen LogP contribution < -0.4 is 0 Å². The Labute approximate surface area is 42.9 Å². The van der Waals surface area contributed by atoms with E-state index in [1.807, 2.05) is 12.2 Å². The second-order valence-electron chi connectivity index (χ2n) is 1.50. The zero-order valence-electron chi connectivity index (χ0n) is 4.02. The van der Waals surface area contributed by atoms with E-state index in [0.29, 0.717) is 5.71 Å². The number of rotatable bonds is 0. The standard InChI is InChI=1S/C6H7N/c7-6-4-2-1-3-5-6/h2-5,7H,1H2. The van der Waals surface area contributed by atoms with Gasteiger partial charge in [0, 0.05) is 0 Å². The Morgan fingerprint density at radius 3 is 2.14 bits per heavy atom. The first-order valence-corrected chi connectivity index (χ1v) is 2.31. The van der Waals surface area contributed by atoms with Crippen LogP contribution in [-0.4, -0.2) is 5.71 Å². The third kappa shape index (κ3) is 1.000. The molecular formula is C6H7N. The van der Waals surface area contributed by atoms with E-state index in [9.17, 15) is 0 Å². The summed E-state index contributed by atoms with van der Waals surface area (Å²) in [6, 6.07) is 0. The van der Waals surface area contributed by atoms with Gasteiger partial charge >= 0.3 is 0 Å². The van der Waals surface area contributed by atoms with Gasteiger partial charge in [0.2, 0.25) is 0 Å². The number of nitrogens with one attached hydrogen (secondary N) is 1. The monoisotopic (exact) mass is 93.1 g/mol. The molecule has 0 atom stereocenters. The highest BCUT2D eigenvalue weighted by molar-refractivity contribution is 6.02. The highest BCUT2D eigenvalue weighted by Crippen LogP contribution is 1.94. The van der Waals surface area contributed by atoms with Crippen molar-refractivity contribution in [3.63, 3.8) is 0 Å². The molecular weight excluding hydrogens is 86.1 g/mol. The van der Waals surface area contributed by atoms with E-state index in [-0.39, 0.29) is 0 Å². The molecule has 0 heterocycles. The zero-order chi connectivity index (χ0) is 5.11. The van der Waals surface area contributed by atoms with Crippen molar-refractivity contribution in [2.75, 3.05) is 0 Å². The summed E-state index contributed by atoms with van der Waals surface area (Å²) >= 11 is 0. The Morgan fingerprint density at radius 2 is 1.86 bits per heavy atom. The van der Waals surface area contributed by atoms with Gasteiger partial charge in [-0.15, -0.1) is 0 Å². The largest absolute Gasteiger partial charge is 0.301 e. The fourth-order valence-corrected chi connectivity index (χ4v) is 0.524. The highest BCUT2D eigenvalue weighted by atomic mass is 14.4.